The van der Waals surface area contributed by atoms with Crippen molar-refractivity contribution in [3.8, 4) is 0 Å². The van der Waals surface area contributed by atoms with Crippen LogP contribution in [0.2, 0.25) is 0 Å². The number of aromatic nitrogens is 5. The fourth-order valence-electron chi connectivity index (χ4n) is 2.58. The number of fused-ring (bicyclic) bond motifs is 1. The van der Waals surface area contributed by atoms with Crippen molar-refractivity contribution in [2.24, 2.45) is 0 Å². The molecule has 3 aromatic rings. The maximum absolute atomic E-state index is 4.63. The summed E-state index contributed by atoms with van der Waals surface area (Å²) in [4.78, 5) is 4.34. The molecule has 118 valence electrons. The molecule has 1 aliphatic rings. The summed E-state index contributed by atoms with van der Waals surface area (Å²) in [6.07, 6.45) is 4.14. The second-order valence-electron chi connectivity index (χ2n) is 5.72. The van der Waals surface area contributed by atoms with Gasteiger partial charge in [-0.2, -0.15) is 4.52 Å². The van der Waals surface area contributed by atoms with Crippen LogP contribution in [0.25, 0.3) is 5.65 Å². The molecule has 2 N–H and O–H groups in total. The summed E-state index contributed by atoms with van der Waals surface area (Å²) in [6, 6.07) is 7.87. The predicted molar refractivity (Wildman–Crippen MR) is 88.5 cm³/mol. The van der Waals surface area contributed by atoms with E-state index in [1.54, 1.807) is 6.20 Å². The Hall–Kier alpha value is -2.70. The summed E-state index contributed by atoms with van der Waals surface area (Å²) < 4.78 is 1.87. The van der Waals surface area contributed by atoms with Gasteiger partial charge in [0, 0.05) is 24.7 Å². The SMILES string of the molecule is CCNc1cc(NCc2ccccn2)c2nnc(C3CC3)n2n1. The van der Waals surface area contributed by atoms with Crippen LogP contribution in [0.1, 0.15) is 37.2 Å². The molecule has 0 unspecified atom stereocenters. The summed E-state index contributed by atoms with van der Waals surface area (Å²) in [6.45, 7) is 3.51. The second kappa shape index (κ2) is 5.83. The second-order valence-corrected chi connectivity index (χ2v) is 5.72. The Bertz CT molecular complexity index is 808. The van der Waals surface area contributed by atoms with Crippen molar-refractivity contribution in [3.05, 3.63) is 42.0 Å². The van der Waals surface area contributed by atoms with E-state index in [2.05, 4.69) is 37.8 Å². The van der Waals surface area contributed by atoms with Crippen molar-refractivity contribution >= 4 is 17.2 Å². The third kappa shape index (κ3) is 2.81. The van der Waals surface area contributed by atoms with Gasteiger partial charge in [0.25, 0.3) is 0 Å². The largest absolute Gasteiger partial charge is 0.376 e. The minimum absolute atomic E-state index is 0.498. The molecule has 0 saturated heterocycles. The van der Waals surface area contributed by atoms with Crippen molar-refractivity contribution < 1.29 is 0 Å². The maximum Gasteiger partial charge on any atom is 0.201 e. The summed E-state index contributed by atoms with van der Waals surface area (Å²) in [5.41, 5.74) is 2.67. The molecular weight excluding hydrogens is 290 g/mol. The number of hydrogen-bond donors (Lipinski definition) is 2. The summed E-state index contributed by atoms with van der Waals surface area (Å²) in [7, 11) is 0. The first-order valence-electron chi connectivity index (χ1n) is 7.99. The van der Waals surface area contributed by atoms with Gasteiger partial charge in [-0.3, -0.25) is 4.98 Å². The lowest BCUT2D eigenvalue weighted by atomic mass is 10.3. The molecule has 1 saturated carbocycles. The Labute approximate surface area is 134 Å². The van der Waals surface area contributed by atoms with Crippen LogP contribution in [0.5, 0.6) is 0 Å². The van der Waals surface area contributed by atoms with E-state index in [0.29, 0.717) is 12.5 Å². The fraction of sp³-hybridized carbons (Fsp3) is 0.375. The van der Waals surface area contributed by atoms with Gasteiger partial charge < -0.3 is 10.6 Å². The molecule has 0 aliphatic heterocycles. The van der Waals surface area contributed by atoms with Crippen LogP contribution in [0.15, 0.2) is 30.5 Å². The lowest BCUT2D eigenvalue weighted by Crippen LogP contribution is -2.09. The van der Waals surface area contributed by atoms with E-state index >= 15 is 0 Å². The highest BCUT2D eigenvalue weighted by atomic mass is 15.4. The quantitative estimate of drug-likeness (QED) is 0.728. The van der Waals surface area contributed by atoms with E-state index < -0.39 is 0 Å². The highest BCUT2D eigenvalue weighted by Crippen LogP contribution is 2.39. The molecule has 23 heavy (non-hydrogen) atoms. The zero-order valence-electron chi connectivity index (χ0n) is 13.0. The molecule has 1 aliphatic carbocycles. The van der Waals surface area contributed by atoms with Gasteiger partial charge in [0.05, 0.1) is 17.9 Å². The standard InChI is InChI=1S/C16H19N7/c1-2-17-14-9-13(19-10-12-5-3-4-8-18-12)16-21-20-15(11-6-7-11)23(16)22-14/h3-5,8-9,11,19H,2,6-7,10H2,1H3,(H,17,22). The molecule has 1 fully saturated rings. The molecule has 0 spiro atoms. The number of pyridine rings is 1. The Morgan fingerprint density at radius 1 is 1.22 bits per heavy atom. The molecule has 7 nitrogen and oxygen atoms in total. The minimum Gasteiger partial charge on any atom is -0.376 e. The number of nitrogens with zero attached hydrogens (tertiary/aromatic N) is 5. The Morgan fingerprint density at radius 3 is 2.87 bits per heavy atom. The summed E-state index contributed by atoms with van der Waals surface area (Å²) in [5.74, 6) is 2.28. The van der Waals surface area contributed by atoms with Crippen LogP contribution in [0.4, 0.5) is 11.5 Å². The minimum atomic E-state index is 0.498. The van der Waals surface area contributed by atoms with Gasteiger partial charge in [-0.15, -0.1) is 15.3 Å². The normalized spacial score (nSPS) is 14.1. The molecule has 7 heteroatoms. The van der Waals surface area contributed by atoms with Crippen LogP contribution in [-0.4, -0.2) is 31.3 Å². The van der Waals surface area contributed by atoms with Crippen LogP contribution in [-0.2, 0) is 6.54 Å². The van der Waals surface area contributed by atoms with E-state index in [9.17, 15) is 0 Å². The monoisotopic (exact) mass is 309 g/mol. The number of rotatable bonds is 6. The lowest BCUT2D eigenvalue weighted by molar-refractivity contribution is 0.815. The Kier molecular flexibility index (Phi) is 3.53. The van der Waals surface area contributed by atoms with Gasteiger partial charge in [-0.25, -0.2) is 0 Å². The molecule has 0 bridgehead atoms. The molecular formula is C16H19N7. The molecule has 3 heterocycles. The van der Waals surface area contributed by atoms with E-state index in [-0.39, 0.29) is 0 Å². The summed E-state index contributed by atoms with van der Waals surface area (Å²) in [5, 5.41) is 20.0. The van der Waals surface area contributed by atoms with Gasteiger partial charge in [-0.05, 0) is 31.9 Å². The molecule has 0 aromatic carbocycles. The first kappa shape index (κ1) is 13.9. The van der Waals surface area contributed by atoms with Crippen molar-refractivity contribution in [2.75, 3.05) is 17.2 Å². The zero-order chi connectivity index (χ0) is 15.6. The number of anilines is 2. The van der Waals surface area contributed by atoms with Crippen molar-refractivity contribution in [3.63, 3.8) is 0 Å². The van der Waals surface area contributed by atoms with Crippen molar-refractivity contribution in [1.29, 1.82) is 0 Å². The van der Waals surface area contributed by atoms with Crippen LogP contribution in [0, 0.1) is 0 Å². The predicted octanol–water partition coefficient (Wildman–Crippen LogP) is 2.44. The highest BCUT2D eigenvalue weighted by molar-refractivity contribution is 5.70. The maximum atomic E-state index is 4.63. The number of hydrogen-bond acceptors (Lipinski definition) is 6. The highest BCUT2D eigenvalue weighted by Gasteiger charge is 2.30. The van der Waals surface area contributed by atoms with E-state index in [0.717, 1.165) is 35.2 Å². The number of nitrogens with one attached hydrogen (secondary N) is 2. The topological polar surface area (TPSA) is 80.0 Å². The smallest absolute Gasteiger partial charge is 0.201 e. The van der Waals surface area contributed by atoms with Gasteiger partial charge in [0.15, 0.2) is 5.82 Å². The average molecular weight is 309 g/mol. The Balaban J connectivity index is 1.68. The zero-order valence-corrected chi connectivity index (χ0v) is 13.0. The van der Waals surface area contributed by atoms with Gasteiger partial charge in [0.1, 0.15) is 5.82 Å². The van der Waals surface area contributed by atoms with E-state index in [1.165, 1.54) is 12.8 Å². The molecule has 0 amide bonds. The lowest BCUT2D eigenvalue weighted by Gasteiger charge is -2.10. The first-order valence-corrected chi connectivity index (χ1v) is 7.99. The first-order chi connectivity index (χ1) is 11.3. The molecule has 0 atom stereocenters. The molecule has 0 radical (unpaired) electrons. The van der Waals surface area contributed by atoms with E-state index in [1.807, 2.05) is 28.8 Å². The van der Waals surface area contributed by atoms with Crippen LogP contribution >= 0.6 is 0 Å². The fourth-order valence-corrected chi connectivity index (χ4v) is 2.58. The molecule has 4 rings (SSSR count). The van der Waals surface area contributed by atoms with Gasteiger partial charge in [0.2, 0.25) is 5.65 Å². The van der Waals surface area contributed by atoms with Crippen LogP contribution in [0.3, 0.4) is 0 Å². The molecule has 3 aromatic heterocycles. The third-order valence-corrected chi connectivity index (χ3v) is 3.88. The average Bonchev–Trinajstić information content (AvgIpc) is 3.33. The van der Waals surface area contributed by atoms with Crippen LogP contribution < -0.4 is 10.6 Å². The van der Waals surface area contributed by atoms with Crippen molar-refractivity contribution in [1.82, 2.24) is 24.8 Å². The Morgan fingerprint density at radius 2 is 2.13 bits per heavy atom. The van der Waals surface area contributed by atoms with Gasteiger partial charge >= 0.3 is 0 Å². The van der Waals surface area contributed by atoms with Gasteiger partial charge in [-0.1, -0.05) is 6.07 Å². The summed E-state index contributed by atoms with van der Waals surface area (Å²) >= 11 is 0. The van der Waals surface area contributed by atoms with E-state index in [4.69, 9.17) is 0 Å². The third-order valence-electron chi connectivity index (χ3n) is 3.88. The van der Waals surface area contributed by atoms with Crippen molar-refractivity contribution in [2.45, 2.75) is 32.2 Å².